The van der Waals surface area contributed by atoms with Gasteiger partial charge < -0.3 is 10.6 Å². The highest BCUT2D eigenvalue weighted by molar-refractivity contribution is 7.80. The summed E-state index contributed by atoms with van der Waals surface area (Å²) < 4.78 is 0. The summed E-state index contributed by atoms with van der Waals surface area (Å²) in [6, 6.07) is 4.81. The van der Waals surface area contributed by atoms with Crippen LogP contribution in [0.25, 0.3) is 0 Å². The first kappa shape index (κ1) is 13.6. The Labute approximate surface area is 107 Å². The van der Waals surface area contributed by atoms with E-state index in [1.165, 1.54) is 4.88 Å². The Morgan fingerprint density at radius 2 is 2.25 bits per heavy atom. The van der Waals surface area contributed by atoms with Crippen LogP contribution in [0.15, 0.2) is 17.5 Å². The number of rotatable bonds is 6. The molecule has 2 unspecified atom stereocenters. The molecule has 0 spiro atoms. The van der Waals surface area contributed by atoms with Gasteiger partial charge in [-0.2, -0.15) is 0 Å². The molecule has 0 fully saturated rings. The van der Waals surface area contributed by atoms with E-state index in [0.29, 0.717) is 11.0 Å². The predicted molar refractivity (Wildman–Crippen MR) is 76.1 cm³/mol. The van der Waals surface area contributed by atoms with Crippen LogP contribution in [0.1, 0.15) is 18.7 Å². The number of thiocarbonyl (C=S) groups is 1. The van der Waals surface area contributed by atoms with Crippen molar-refractivity contribution in [1.29, 1.82) is 0 Å². The molecular formula is C12H20N2S2. The van der Waals surface area contributed by atoms with Gasteiger partial charge in [-0.3, -0.25) is 0 Å². The van der Waals surface area contributed by atoms with Crippen LogP contribution in [0, 0.1) is 5.92 Å². The largest absolute Gasteiger partial charge is 0.393 e. The van der Waals surface area contributed by atoms with E-state index in [1.807, 2.05) is 11.3 Å². The zero-order valence-electron chi connectivity index (χ0n) is 10.1. The minimum absolute atomic E-state index is 0.283. The van der Waals surface area contributed by atoms with Crippen LogP contribution < -0.4 is 5.73 Å². The van der Waals surface area contributed by atoms with E-state index in [2.05, 4.69) is 43.3 Å². The fraction of sp³-hybridized carbons (Fsp3) is 0.583. The van der Waals surface area contributed by atoms with Crippen LogP contribution >= 0.6 is 23.6 Å². The van der Waals surface area contributed by atoms with Gasteiger partial charge in [-0.25, -0.2) is 0 Å². The first-order chi connectivity index (χ1) is 7.50. The lowest BCUT2D eigenvalue weighted by Gasteiger charge is -2.26. The molecule has 0 amide bonds. The molecule has 1 aromatic heterocycles. The topological polar surface area (TPSA) is 29.3 Å². The molecule has 0 bridgehead atoms. The lowest BCUT2D eigenvalue weighted by molar-refractivity contribution is 0.243. The van der Waals surface area contributed by atoms with Crippen molar-refractivity contribution in [2.24, 2.45) is 11.7 Å². The number of hydrogen-bond donors (Lipinski definition) is 1. The number of likely N-dealkylation sites (N-methyl/N-ethyl adjacent to an activating group) is 1. The van der Waals surface area contributed by atoms with Crippen molar-refractivity contribution < 1.29 is 0 Å². The van der Waals surface area contributed by atoms with Crippen molar-refractivity contribution in [3.05, 3.63) is 22.4 Å². The molecule has 1 heterocycles. The zero-order valence-corrected chi connectivity index (χ0v) is 11.8. The lowest BCUT2D eigenvalue weighted by Crippen LogP contribution is -2.37. The molecule has 0 aliphatic carbocycles. The first-order valence-electron chi connectivity index (χ1n) is 5.52. The van der Waals surface area contributed by atoms with E-state index in [4.69, 9.17) is 18.0 Å². The minimum atomic E-state index is 0.283. The van der Waals surface area contributed by atoms with E-state index in [9.17, 15) is 0 Å². The molecule has 16 heavy (non-hydrogen) atoms. The molecule has 1 rings (SSSR count). The summed E-state index contributed by atoms with van der Waals surface area (Å²) in [5, 5.41) is 2.12. The van der Waals surface area contributed by atoms with Crippen molar-refractivity contribution in [2.75, 3.05) is 13.6 Å². The summed E-state index contributed by atoms with van der Waals surface area (Å²) in [6.07, 6.45) is 1.10. The highest BCUT2D eigenvalue weighted by atomic mass is 32.1. The predicted octanol–water partition coefficient (Wildman–Crippen LogP) is 2.53. The van der Waals surface area contributed by atoms with Gasteiger partial charge in [0.05, 0.1) is 4.99 Å². The van der Waals surface area contributed by atoms with Gasteiger partial charge in [0, 0.05) is 23.4 Å². The maximum Gasteiger partial charge on any atom is 0.0768 e. The van der Waals surface area contributed by atoms with E-state index < -0.39 is 0 Å². The summed E-state index contributed by atoms with van der Waals surface area (Å²) >= 11 is 6.81. The van der Waals surface area contributed by atoms with Crippen LogP contribution in [-0.4, -0.2) is 29.5 Å². The fourth-order valence-electron chi connectivity index (χ4n) is 1.58. The standard InChI is InChI=1S/C12H20N2S2/c1-9(12(13)15)8-14(3)10(2)7-11-5-4-6-16-11/h4-6,9-10H,7-8H2,1-3H3,(H2,13,15). The normalized spacial score (nSPS) is 15.0. The second kappa shape index (κ2) is 6.33. The second-order valence-electron chi connectivity index (χ2n) is 4.38. The van der Waals surface area contributed by atoms with Crippen LogP contribution in [0.4, 0.5) is 0 Å². The van der Waals surface area contributed by atoms with Crippen LogP contribution in [0.3, 0.4) is 0 Å². The van der Waals surface area contributed by atoms with Crippen molar-refractivity contribution in [1.82, 2.24) is 4.90 Å². The molecule has 2 nitrogen and oxygen atoms in total. The fourth-order valence-corrected chi connectivity index (χ4v) is 2.48. The third-order valence-electron chi connectivity index (χ3n) is 2.88. The molecule has 0 saturated carbocycles. The third-order valence-corrected chi connectivity index (χ3v) is 4.18. The summed E-state index contributed by atoms with van der Waals surface area (Å²) in [4.78, 5) is 4.36. The average Bonchev–Trinajstić information content (AvgIpc) is 2.69. The second-order valence-corrected chi connectivity index (χ2v) is 5.88. The number of nitrogens with two attached hydrogens (primary N) is 1. The van der Waals surface area contributed by atoms with E-state index in [0.717, 1.165) is 13.0 Å². The Morgan fingerprint density at radius 1 is 1.56 bits per heavy atom. The van der Waals surface area contributed by atoms with Crippen molar-refractivity contribution >= 4 is 28.5 Å². The van der Waals surface area contributed by atoms with Gasteiger partial charge in [0.25, 0.3) is 0 Å². The third kappa shape index (κ3) is 4.20. The minimum Gasteiger partial charge on any atom is -0.393 e. The van der Waals surface area contributed by atoms with E-state index in [-0.39, 0.29) is 5.92 Å². The van der Waals surface area contributed by atoms with Crippen molar-refractivity contribution in [3.63, 3.8) is 0 Å². The van der Waals surface area contributed by atoms with Crippen molar-refractivity contribution in [2.45, 2.75) is 26.3 Å². The summed E-state index contributed by atoms with van der Waals surface area (Å²) in [7, 11) is 2.13. The number of thiophene rings is 1. The molecule has 2 N–H and O–H groups in total. The van der Waals surface area contributed by atoms with Gasteiger partial charge in [-0.15, -0.1) is 11.3 Å². The monoisotopic (exact) mass is 256 g/mol. The molecule has 0 radical (unpaired) electrons. The SMILES string of the molecule is CC(CN(C)C(C)Cc1cccs1)C(N)=S. The molecule has 0 aliphatic heterocycles. The Hall–Kier alpha value is -0.450. The van der Waals surface area contributed by atoms with Crippen molar-refractivity contribution in [3.8, 4) is 0 Å². The molecule has 4 heteroatoms. The van der Waals surface area contributed by atoms with Gasteiger partial charge in [0.1, 0.15) is 0 Å². The lowest BCUT2D eigenvalue weighted by atomic mass is 10.1. The van der Waals surface area contributed by atoms with E-state index >= 15 is 0 Å². The van der Waals surface area contributed by atoms with Gasteiger partial charge >= 0.3 is 0 Å². The number of nitrogens with zero attached hydrogens (tertiary/aromatic N) is 1. The van der Waals surface area contributed by atoms with Crippen LogP contribution in [0.2, 0.25) is 0 Å². The zero-order chi connectivity index (χ0) is 12.1. The Morgan fingerprint density at radius 3 is 2.75 bits per heavy atom. The van der Waals surface area contributed by atoms with Gasteiger partial charge in [-0.1, -0.05) is 25.2 Å². The highest BCUT2D eigenvalue weighted by Gasteiger charge is 2.14. The molecule has 90 valence electrons. The highest BCUT2D eigenvalue weighted by Crippen LogP contribution is 2.14. The van der Waals surface area contributed by atoms with E-state index in [1.54, 1.807) is 0 Å². The molecule has 0 saturated heterocycles. The first-order valence-corrected chi connectivity index (χ1v) is 6.81. The molecular weight excluding hydrogens is 236 g/mol. The number of hydrogen-bond acceptors (Lipinski definition) is 3. The van der Waals surface area contributed by atoms with Gasteiger partial charge in [-0.05, 0) is 31.8 Å². The Bertz CT molecular complexity index is 322. The van der Waals surface area contributed by atoms with Crippen LogP contribution in [0.5, 0.6) is 0 Å². The van der Waals surface area contributed by atoms with Gasteiger partial charge in [0.2, 0.25) is 0 Å². The van der Waals surface area contributed by atoms with Gasteiger partial charge in [0.15, 0.2) is 0 Å². The maximum atomic E-state index is 5.63. The molecule has 2 atom stereocenters. The Balaban J connectivity index is 2.41. The van der Waals surface area contributed by atoms with Crippen LogP contribution in [-0.2, 0) is 6.42 Å². The summed E-state index contributed by atoms with van der Waals surface area (Å²) in [6.45, 7) is 5.25. The molecule has 0 aromatic carbocycles. The quantitative estimate of drug-likeness (QED) is 0.793. The average molecular weight is 256 g/mol. The maximum absolute atomic E-state index is 5.63. The Kier molecular flexibility index (Phi) is 5.38. The molecule has 1 aromatic rings. The summed E-state index contributed by atoms with van der Waals surface area (Å²) in [5.74, 6) is 0.283. The summed E-state index contributed by atoms with van der Waals surface area (Å²) in [5.41, 5.74) is 5.63. The molecule has 0 aliphatic rings. The smallest absolute Gasteiger partial charge is 0.0768 e.